The molecule has 2 aliphatic rings. The first-order chi connectivity index (χ1) is 17.5. The summed E-state index contributed by atoms with van der Waals surface area (Å²) in [5, 5.41) is 0. The number of likely N-dealkylation sites (tertiary alicyclic amines) is 1. The lowest BCUT2D eigenvalue weighted by Crippen LogP contribution is -2.43. The normalized spacial score (nSPS) is 18.5. The van der Waals surface area contributed by atoms with Gasteiger partial charge in [-0.05, 0) is 35.7 Å². The quantitative estimate of drug-likeness (QED) is 0.451. The number of imide groups is 1. The zero-order valence-electron chi connectivity index (χ0n) is 20.2. The minimum absolute atomic E-state index is 0.0466. The Hall–Kier alpha value is -4.13. The van der Waals surface area contributed by atoms with Crippen LogP contribution in [0, 0.1) is 0 Å². The van der Waals surface area contributed by atoms with Crippen LogP contribution in [0.4, 0.5) is 0 Å². The molecule has 36 heavy (non-hydrogen) atoms. The Kier molecular flexibility index (Phi) is 6.46. The summed E-state index contributed by atoms with van der Waals surface area (Å²) in [5.41, 5.74) is 1.21. The van der Waals surface area contributed by atoms with Crippen LogP contribution in [0.5, 0.6) is 11.5 Å². The topological polar surface area (TPSA) is 76.2 Å². The van der Waals surface area contributed by atoms with Gasteiger partial charge >= 0.3 is 0 Å². The molecule has 3 amide bonds. The number of nitrogens with zero attached hydrogens (tertiary/aromatic N) is 2. The number of ether oxygens (including phenoxy) is 2. The van der Waals surface area contributed by atoms with E-state index in [1.54, 1.807) is 17.0 Å². The zero-order valence-corrected chi connectivity index (χ0v) is 20.2. The molecule has 0 aliphatic carbocycles. The van der Waals surface area contributed by atoms with Crippen molar-refractivity contribution in [2.45, 2.75) is 38.3 Å². The number of carbonyl (C=O) groups excluding carboxylic acids is 3. The van der Waals surface area contributed by atoms with Crippen molar-refractivity contribution in [2.75, 3.05) is 13.3 Å². The van der Waals surface area contributed by atoms with Gasteiger partial charge in [-0.1, -0.05) is 66.7 Å². The van der Waals surface area contributed by atoms with Gasteiger partial charge in [-0.2, -0.15) is 0 Å². The summed E-state index contributed by atoms with van der Waals surface area (Å²) >= 11 is 0. The maximum absolute atomic E-state index is 14.0. The number of amides is 3. The highest BCUT2D eigenvalue weighted by molar-refractivity contribution is 6.10. The number of carbonyl (C=O) groups is 3. The van der Waals surface area contributed by atoms with Crippen molar-refractivity contribution in [3.05, 3.63) is 95.6 Å². The largest absolute Gasteiger partial charge is 0.454 e. The summed E-state index contributed by atoms with van der Waals surface area (Å²) in [6.45, 7) is 3.13. The van der Waals surface area contributed by atoms with Gasteiger partial charge in [0.05, 0.1) is 12.0 Å². The van der Waals surface area contributed by atoms with Crippen LogP contribution < -0.4 is 9.47 Å². The summed E-state index contributed by atoms with van der Waals surface area (Å²) in [6.07, 6.45) is -0.116. The van der Waals surface area contributed by atoms with Gasteiger partial charge in [0.15, 0.2) is 11.5 Å². The van der Waals surface area contributed by atoms with Crippen LogP contribution in [-0.2, 0) is 32.9 Å². The third-order valence-corrected chi connectivity index (χ3v) is 6.92. The highest BCUT2D eigenvalue weighted by Gasteiger charge is 2.54. The van der Waals surface area contributed by atoms with Crippen molar-refractivity contribution >= 4 is 17.7 Å². The van der Waals surface area contributed by atoms with Gasteiger partial charge in [0.25, 0.3) is 0 Å². The summed E-state index contributed by atoms with van der Waals surface area (Å²) in [6, 6.07) is 24.3. The standard InChI is InChI=1S/C29H28N2O5/c1-2-30(18-21-9-5-3-6-10-21)26(32)16-29(23-11-7-4-8-12-23)17-27(33)31(28(29)34)19-22-13-14-24-25(15-22)36-20-35-24/h3-15H,2,16-20H2,1H3/t29-/m0/s1. The summed E-state index contributed by atoms with van der Waals surface area (Å²) in [7, 11) is 0. The molecule has 0 saturated carbocycles. The predicted octanol–water partition coefficient (Wildman–Crippen LogP) is 4.05. The molecule has 0 aromatic heterocycles. The van der Waals surface area contributed by atoms with Gasteiger partial charge < -0.3 is 14.4 Å². The zero-order chi connectivity index (χ0) is 25.1. The summed E-state index contributed by atoms with van der Waals surface area (Å²) < 4.78 is 10.8. The van der Waals surface area contributed by atoms with Crippen molar-refractivity contribution in [3.63, 3.8) is 0 Å². The molecule has 0 radical (unpaired) electrons. The van der Waals surface area contributed by atoms with Gasteiger partial charge in [0, 0.05) is 25.9 Å². The predicted molar refractivity (Wildman–Crippen MR) is 133 cm³/mol. The average molecular weight is 485 g/mol. The molecule has 7 heteroatoms. The van der Waals surface area contributed by atoms with Gasteiger partial charge in [0.2, 0.25) is 24.5 Å². The maximum Gasteiger partial charge on any atom is 0.241 e. The van der Waals surface area contributed by atoms with E-state index in [4.69, 9.17) is 9.47 Å². The second-order valence-corrected chi connectivity index (χ2v) is 9.17. The monoisotopic (exact) mass is 484 g/mol. The van der Waals surface area contributed by atoms with Gasteiger partial charge in [0.1, 0.15) is 0 Å². The molecule has 0 unspecified atom stereocenters. The minimum atomic E-state index is -1.24. The van der Waals surface area contributed by atoms with Crippen LogP contribution in [0.15, 0.2) is 78.9 Å². The van der Waals surface area contributed by atoms with Crippen LogP contribution in [0.3, 0.4) is 0 Å². The molecule has 1 fully saturated rings. The van der Waals surface area contributed by atoms with Crippen LogP contribution in [0.25, 0.3) is 0 Å². The lowest BCUT2D eigenvalue weighted by molar-refractivity contribution is -0.143. The van der Waals surface area contributed by atoms with Crippen LogP contribution in [-0.4, -0.2) is 40.9 Å². The second kappa shape index (κ2) is 9.85. The number of benzene rings is 3. The molecule has 2 heterocycles. The second-order valence-electron chi connectivity index (χ2n) is 9.17. The first-order valence-electron chi connectivity index (χ1n) is 12.1. The highest BCUT2D eigenvalue weighted by Crippen LogP contribution is 2.41. The number of fused-ring (bicyclic) bond motifs is 1. The van der Waals surface area contributed by atoms with Crippen LogP contribution >= 0.6 is 0 Å². The van der Waals surface area contributed by atoms with Crippen LogP contribution in [0.1, 0.15) is 36.5 Å². The molecule has 7 nitrogen and oxygen atoms in total. The van der Waals surface area contributed by atoms with Crippen molar-refractivity contribution in [2.24, 2.45) is 0 Å². The first kappa shape index (κ1) is 23.6. The molecule has 184 valence electrons. The maximum atomic E-state index is 14.0. The van der Waals surface area contributed by atoms with Crippen molar-refractivity contribution in [3.8, 4) is 11.5 Å². The van der Waals surface area contributed by atoms with Crippen molar-refractivity contribution in [1.29, 1.82) is 0 Å². The molecule has 1 atom stereocenters. The fraction of sp³-hybridized carbons (Fsp3) is 0.276. The molecule has 0 spiro atoms. The first-order valence-corrected chi connectivity index (χ1v) is 12.1. The Bertz CT molecular complexity index is 1280. The van der Waals surface area contributed by atoms with Gasteiger partial charge in [-0.3, -0.25) is 19.3 Å². The number of hydrogen-bond donors (Lipinski definition) is 0. The smallest absolute Gasteiger partial charge is 0.241 e. The number of rotatable bonds is 8. The molecule has 5 rings (SSSR count). The third-order valence-electron chi connectivity index (χ3n) is 6.92. The minimum Gasteiger partial charge on any atom is -0.454 e. The highest BCUT2D eigenvalue weighted by atomic mass is 16.7. The molecular weight excluding hydrogens is 456 g/mol. The molecule has 3 aromatic rings. The Balaban J connectivity index is 1.42. The molecule has 0 N–H and O–H groups in total. The SMILES string of the molecule is CCN(Cc1ccccc1)C(=O)C[C@@]1(c2ccccc2)CC(=O)N(Cc2ccc3c(c2)OCO3)C1=O. The van der Waals surface area contributed by atoms with Crippen molar-refractivity contribution < 1.29 is 23.9 Å². The van der Waals surface area contributed by atoms with Crippen LogP contribution in [0.2, 0.25) is 0 Å². The Morgan fingerprint density at radius 1 is 0.917 bits per heavy atom. The average Bonchev–Trinajstić information content (AvgIpc) is 3.46. The van der Waals surface area contributed by atoms with E-state index >= 15 is 0 Å². The fourth-order valence-corrected chi connectivity index (χ4v) is 4.96. The van der Waals surface area contributed by atoms with E-state index in [2.05, 4.69) is 0 Å². The third kappa shape index (κ3) is 4.44. The van der Waals surface area contributed by atoms with E-state index in [9.17, 15) is 14.4 Å². The van der Waals surface area contributed by atoms with Crippen molar-refractivity contribution in [1.82, 2.24) is 9.80 Å². The van der Waals surface area contributed by atoms with Gasteiger partial charge in [-0.15, -0.1) is 0 Å². The summed E-state index contributed by atoms with van der Waals surface area (Å²) in [4.78, 5) is 43.8. The Morgan fingerprint density at radius 3 is 2.33 bits per heavy atom. The summed E-state index contributed by atoms with van der Waals surface area (Å²) in [5.74, 6) is 0.438. The Morgan fingerprint density at radius 2 is 1.61 bits per heavy atom. The molecule has 2 aliphatic heterocycles. The van der Waals surface area contributed by atoms with E-state index in [-0.39, 0.29) is 43.9 Å². The Labute approximate surface area is 210 Å². The van der Waals surface area contributed by atoms with Gasteiger partial charge in [-0.25, -0.2) is 0 Å². The fourth-order valence-electron chi connectivity index (χ4n) is 4.96. The molecular formula is C29H28N2O5. The molecule has 1 saturated heterocycles. The lowest BCUT2D eigenvalue weighted by Gasteiger charge is -2.30. The van der Waals surface area contributed by atoms with E-state index in [0.29, 0.717) is 30.2 Å². The van der Waals surface area contributed by atoms with E-state index < -0.39 is 5.41 Å². The molecule has 0 bridgehead atoms. The lowest BCUT2D eigenvalue weighted by atomic mass is 9.75. The number of hydrogen-bond acceptors (Lipinski definition) is 5. The van der Waals surface area contributed by atoms with E-state index in [1.807, 2.05) is 73.7 Å². The van der Waals surface area contributed by atoms with E-state index in [0.717, 1.165) is 11.1 Å². The molecule has 3 aromatic carbocycles. The van der Waals surface area contributed by atoms with E-state index in [1.165, 1.54) is 4.90 Å².